The molecule has 9 nitrogen and oxygen atoms in total. The zero-order valence-corrected chi connectivity index (χ0v) is 15.7. The molecular formula is C21H20N2O7. The number of fused-ring (bicyclic) bond motifs is 1. The summed E-state index contributed by atoms with van der Waals surface area (Å²) >= 11 is 0. The van der Waals surface area contributed by atoms with E-state index >= 15 is 0 Å². The summed E-state index contributed by atoms with van der Waals surface area (Å²) in [6, 6.07) is 12.9. The van der Waals surface area contributed by atoms with Crippen LogP contribution in [0.4, 0.5) is 0 Å². The maximum atomic E-state index is 12.9. The van der Waals surface area contributed by atoms with Gasteiger partial charge in [0.15, 0.2) is 6.23 Å². The second kappa shape index (κ2) is 7.96. The van der Waals surface area contributed by atoms with E-state index in [9.17, 15) is 29.7 Å². The summed E-state index contributed by atoms with van der Waals surface area (Å²) < 4.78 is 5.59. The third-order valence-corrected chi connectivity index (χ3v) is 5.33. The standard InChI is InChI=1S/C21H20N2O7/c24-10-14-16(25)17(26)15(19(30-14)22-18(27)11-6-2-1-3-7-11)23-20(28)12-8-4-5-9-13(12)21(23)29/h1-9,14-17,19,24-26H,10H2,(H,22,27)/t14-,15-,16-,17-,19-/m1/s1. The van der Waals surface area contributed by atoms with Crippen LogP contribution in [0.25, 0.3) is 0 Å². The summed E-state index contributed by atoms with van der Waals surface area (Å²) in [6.07, 6.45) is -5.80. The van der Waals surface area contributed by atoms with Crippen LogP contribution in [-0.2, 0) is 4.74 Å². The van der Waals surface area contributed by atoms with Crippen molar-refractivity contribution < 1.29 is 34.4 Å². The monoisotopic (exact) mass is 412 g/mol. The van der Waals surface area contributed by atoms with Crippen LogP contribution in [0.2, 0.25) is 0 Å². The van der Waals surface area contributed by atoms with E-state index < -0.39 is 54.9 Å². The van der Waals surface area contributed by atoms with Crippen molar-refractivity contribution in [1.82, 2.24) is 10.2 Å². The van der Waals surface area contributed by atoms with Gasteiger partial charge < -0.3 is 25.4 Å². The minimum absolute atomic E-state index is 0.154. The summed E-state index contributed by atoms with van der Waals surface area (Å²) in [4.78, 5) is 39.3. The molecule has 0 aliphatic carbocycles. The molecule has 3 amide bonds. The van der Waals surface area contributed by atoms with Crippen molar-refractivity contribution >= 4 is 17.7 Å². The Labute approximate surface area is 171 Å². The number of carbonyl (C=O) groups excluding carboxylic acids is 3. The van der Waals surface area contributed by atoms with Gasteiger partial charge in [-0.25, -0.2) is 0 Å². The van der Waals surface area contributed by atoms with Gasteiger partial charge in [0.25, 0.3) is 17.7 Å². The van der Waals surface area contributed by atoms with Crippen molar-refractivity contribution in [2.24, 2.45) is 0 Å². The lowest BCUT2D eigenvalue weighted by Gasteiger charge is -2.45. The summed E-state index contributed by atoms with van der Waals surface area (Å²) in [6.45, 7) is -0.634. The number of aliphatic hydroxyl groups is 3. The Bertz CT molecular complexity index is 945. The molecule has 9 heteroatoms. The van der Waals surface area contributed by atoms with Crippen LogP contribution in [0, 0.1) is 0 Å². The molecule has 0 saturated carbocycles. The molecule has 0 radical (unpaired) electrons. The average Bonchev–Trinajstić information content (AvgIpc) is 3.02. The van der Waals surface area contributed by atoms with Gasteiger partial charge in [0.05, 0.1) is 17.7 Å². The van der Waals surface area contributed by atoms with Gasteiger partial charge in [0.1, 0.15) is 24.4 Å². The van der Waals surface area contributed by atoms with E-state index in [0.29, 0.717) is 5.56 Å². The van der Waals surface area contributed by atoms with E-state index in [1.54, 1.807) is 42.5 Å². The molecule has 2 aliphatic rings. The molecule has 4 rings (SSSR count). The molecule has 2 aromatic carbocycles. The van der Waals surface area contributed by atoms with E-state index in [2.05, 4.69) is 5.32 Å². The molecule has 1 saturated heterocycles. The zero-order valence-electron chi connectivity index (χ0n) is 15.7. The second-order valence-corrected chi connectivity index (χ2v) is 7.11. The summed E-state index contributed by atoms with van der Waals surface area (Å²) in [7, 11) is 0. The zero-order chi connectivity index (χ0) is 21.4. The third kappa shape index (κ3) is 3.27. The first-order chi connectivity index (χ1) is 14.4. The molecule has 2 heterocycles. The fourth-order valence-electron chi connectivity index (χ4n) is 3.79. The highest BCUT2D eigenvalue weighted by Crippen LogP contribution is 2.31. The molecule has 30 heavy (non-hydrogen) atoms. The average molecular weight is 412 g/mol. The largest absolute Gasteiger partial charge is 0.394 e. The van der Waals surface area contributed by atoms with Gasteiger partial charge in [0, 0.05) is 5.56 Å². The molecule has 0 spiro atoms. The highest BCUT2D eigenvalue weighted by Gasteiger charge is 2.53. The first-order valence-corrected chi connectivity index (χ1v) is 9.39. The number of nitrogens with one attached hydrogen (secondary N) is 1. The maximum absolute atomic E-state index is 12.9. The van der Waals surface area contributed by atoms with Gasteiger partial charge >= 0.3 is 0 Å². The third-order valence-electron chi connectivity index (χ3n) is 5.33. The lowest BCUT2D eigenvalue weighted by atomic mass is 9.94. The Balaban J connectivity index is 1.68. The number of nitrogens with zero attached hydrogens (tertiary/aromatic N) is 1. The molecule has 5 atom stereocenters. The minimum Gasteiger partial charge on any atom is -0.394 e. The summed E-state index contributed by atoms with van der Waals surface area (Å²) in [5, 5.41) is 33.1. The van der Waals surface area contributed by atoms with Gasteiger partial charge in [-0.05, 0) is 24.3 Å². The van der Waals surface area contributed by atoms with Crippen LogP contribution in [0.1, 0.15) is 31.1 Å². The minimum atomic E-state index is -1.65. The number of ether oxygens (including phenoxy) is 1. The van der Waals surface area contributed by atoms with Crippen molar-refractivity contribution in [3.63, 3.8) is 0 Å². The van der Waals surface area contributed by atoms with Crippen LogP contribution < -0.4 is 5.32 Å². The number of carbonyl (C=O) groups is 3. The first-order valence-electron chi connectivity index (χ1n) is 9.39. The van der Waals surface area contributed by atoms with E-state index in [4.69, 9.17) is 4.74 Å². The number of aliphatic hydroxyl groups excluding tert-OH is 3. The number of amides is 3. The predicted molar refractivity (Wildman–Crippen MR) is 102 cm³/mol. The van der Waals surface area contributed by atoms with E-state index in [-0.39, 0.29) is 11.1 Å². The van der Waals surface area contributed by atoms with E-state index in [1.807, 2.05) is 0 Å². The first kappa shape index (κ1) is 20.2. The number of rotatable bonds is 4. The van der Waals surface area contributed by atoms with E-state index in [1.165, 1.54) is 12.1 Å². The predicted octanol–water partition coefficient (Wildman–Crippen LogP) is -0.480. The van der Waals surface area contributed by atoms with Crippen LogP contribution in [0.3, 0.4) is 0 Å². The van der Waals surface area contributed by atoms with Crippen LogP contribution in [0.15, 0.2) is 54.6 Å². The Hall–Kier alpha value is -3.11. The summed E-state index contributed by atoms with van der Waals surface area (Å²) in [5.74, 6) is -1.91. The topological polar surface area (TPSA) is 136 Å². The molecule has 156 valence electrons. The molecule has 2 aromatic rings. The number of benzene rings is 2. The van der Waals surface area contributed by atoms with Gasteiger partial charge in [-0.1, -0.05) is 30.3 Å². The fourth-order valence-corrected chi connectivity index (χ4v) is 3.79. The highest BCUT2D eigenvalue weighted by molar-refractivity contribution is 6.21. The smallest absolute Gasteiger partial charge is 0.262 e. The highest BCUT2D eigenvalue weighted by atomic mass is 16.5. The molecule has 2 aliphatic heterocycles. The molecular weight excluding hydrogens is 392 g/mol. The molecule has 4 N–H and O–H groups in total. The second-order valence-electron chi connectivity index (χ2n) is 7.11. The van der Waals surface area contributed by atoms with Gasteiger partial charge in [-0.15, -0.1) is 0 Å². The van der Waals surface area contributed by atoms with Crippen LogP contribution in [-0.4, -0.2) is 75.1 Å². The Morgan fingerprint density at radius 2 is 1.50 bits per heavy atom. The van der Waals surface area contributed by atoms with Gasteiger partial charge in [-0.3, -0.25) is 19.3 Å². The number of hydrogen-bond donors (Lipinski definition) is 4. The SMILES string of the molecule is O=C(N[C@@H]1O[C@H](CO)[C@@H](O)[C@H](O)[C@H]1N1C(=O)c2ccccc2C1=O)c1ccccc1. The maximum Gasteiger partial charge on any atom is 0.262 e. The summed E-state index contributed by atoms with van der Waals surface area (Å²) in [5.41, 5.74) is 0.603. The normalized spacial score (nSPS) is 28.4. The van der Waals surface area contributed by atoms with Crippen molar-refractivity contribution in [2.45, 2.75) is 30.6 Å². The van der Waals surface area contributed by atoms with Crippen molar-refractivity contribution in [3.8, 4) is 0 Å². The number of imide groups is 1. The Kier molecular flexibility index (Phi) is 5.35. The van der Waals surface area contributed by atoms with Crippen LogP contribution >= 0.6 is 0 Å². The lowest BCUT2D eigenvalue weighted by Crippen LogP contribution is -2.69. The quantitative estimate of drug-likeness (QED) is 0.498. The van der Waals surface area contributed by atoms with Crippen molar-refractivity contribution in [1.29, 1.82) is 0 Å². The van der Waals surface area contributed by atoms with Crippen molar-refractivity contribution in [2.75, 3.05) is 6.61 Å². The van der Waals surface area contributed by atoms with Crippen molar-refractivity contribution in [3.05, 3.63) is 71.3 Å². The molecule has 0 unspecified atom stereocenters. The Morgan fingerprint density at radius 3 is 2.07 bits per heavy atom. The van der Waals surface area contributed by atoms with E-state index in [0.717, 1.165) is 4.90 Å². The fraction of sp³-hybridized carbons (Fsp3) is 0.286. The molecule has 0 bridgehead atoms. The molecule has 1 fully saturated rings. The molecule has 0 aromatic heterocycles. The Morgan fingerprint density at radius 1 is 0.933 bits per heavy atom. The van der Waals surface area contributed by atoms with Gasteiger partial charge in [-0.2, -0.15) is 0 Å². The number of hydrogen-bond acceptors (Lipinski definition) is 7. The lowest BCUT2D eigenvalue weighted by molar-refractivity contribution is -0.209. The van der Waals surface area contributed by atoms with Gasteiger partial charge in [0.2, 0.25) is 0 Å². The van der Waals surface area contributed by atoms with Crippen LogP contribution in [0.5, 0.6) is 0 Å².